The minimum atomic E-state index is -1.13. The maximum atomic E-state index is 13.3. The molecular formula is C24H33N5O5S. The molecule has 1 aromatic heterocycles. The van der Waals surface area contributed by atoms with Crippen LogP contribution in [0.2, 0.25) is 0 Å². The average Bonchev–Trinajstić information content (AvgIpc) is 3.48. The van der Waals surface area contributed by atoms with Gasteiger partial charge in [0.25, 0.3) is 0 Å². The van der Waals surface area contributed by atoms with Crippen LogP contribution >= 0.6 is 11.8 Å². The molecule has 0 bridgehead atoms. The average molecular weight is 504 g/mol. The van der Waals surface area contributed by atoms with Gasteiger partial charge in [0.05, 0.1) is 6.04 Å². The minimum Gasteiger partial charge on any atom is -0.480 e. The molecule has 4 atom stereocenters. The van der Waals surface area contributed by atoms with Crippen LogP contribution in [0.4, 0.5) is 0 Å². The number of fused-ring (bicyclic) bond motifs is 1. The van der Waals surface area contributed by atoms with Crippen molar-refractivity contribution in [3.8, 4) is 0 Å². The Bertz CT molecular complexity index is 1070. The first kappa shape index (κ1) is 26.6. The Hall–Kier alpha value is -3.05. The van der Waals surface area contributed by atoms with Gasteiger partial charge in [-0.2, -0.15) is 11.8 Å². The largest absolute Gasteiger partial charge is 0.480 e. The molecule has 4 unspecified atom stereocenters. The van der Waals surface area contributed by atoms with E-state index in [1.165, 1.54) is 16.7 Å². The molecule has 190 valence electrons. The van der Waals surface area contributed by atoms with Crippen LogP contribution in [0.15, 0.2) is 30.5 Å². The van der Waals surface area contributed by atoms with Crippen LogP contribution in [0.1, 0.15) is 31.7 Å². The summed E-state index contributed by atoms with van der Waals surface area (Å²) < 4.78 is 0. The number of para-hydroxylation sites is 1. The van der Waals surface area contributed by atoms with Gasteiger partial charge >= 0.3 is 5.97 Å². The second kappa shape index (κ2) is 12.1. The Morgan fingerprint density at radius 2 is 1.97 bits per heavy atom. The van der Waals surface area contributed by atoms with E-state index in [0.717, 1.165) is 16.5 Å². The number of carbonyl (C=O) groups is 4. The number of nitrogens with one attached hydrogen (secondary N) is 3. The lowest BCUT2D eigenvalue weighted by Crippen LogP contribution is -2.57. The van der Waals surface area contributed by atoms with E-state index < -0.39 is 42.0 Å². The minimum absolute atomic E-state index is 0.157. The fourth-order valence-corrected chi connectivity index (χ4v) is 4.80. The number of carboxylic acid groups (broad SMARTS) is 1. The fraction of sp³-hybridized carbons (Fsp3) is 0.500. The van der Waals surface area contributed by atoms with E-state index >= 15 is 0 Å². The lowest BCUT2D eigenvalue weighted by Gasteiger charge is -2.28. The highest BCUT2D eigenvalue weighted by Gasteiger charge is 2.37. The molecule has 10 nitrogen and oxygen atoms in total. The molecule has 35 heavy (non-hydrogen) atoms. The number of hydrogen-bond donors (Lipinski definition) is 5. The van der Waals surface area contributed by atoms with Gasteiger partial charge in [-0.15, -0.1) is 0 Å². The zero-order chi connectivity index (χ0) is 25.5. The van der Waals surface area contributed by atoms with E-state index in [2.05, 4.69) is 15.6 Å². The van der Waals surface area contributed by atoms with Gasteiger partial charge in [-0.1, -0.05) is 18.2 Å². The molecule has 1 saturated heterocycles. The first-order chi connectivity index (χ1) is 16.7. The van der Waals surface area contributed by atoms with E-state index in [1.807, 2.05) is 30.5 Å². The number of likely N-dealkylation sites (tertiary alicyclic amines) is 1. The molecule has 11 heteroatoms. The molecule has 0 aliphatic carbocycles. The first-order valence-corrected chi connectivity index (χ1v) is 13.1. The summed E-state index contributed by atoms with van der Waals surface area (Å²) in [4.78, 5) is 55.3. The monoisotopic (exact) mass is 503 g/mol. The smallest absolute Gasteiger partial charge is 0.326 e. The SMILES string of the molecule is CSCCC(NC(=O)C(Cc1c[nH]c2ccccc12)NC(=O)C1CCCN1C(=O)C(C)N)C(=O)O. The van der Waals surface area contributed by atoms with Crippen LogP contribution in [0.5, 0.6) is 0 Å². The molecular weight excluding hydrogens is 470 g/mol. The second-order valence-electron chi connectivity index (χ2n) is 8.78. The van der Waals surface area contributed by atoms with Gasteiger partial charge < -0.3 is 31.4 Å². The van der Waals surface area contributed by atoms with E-state index in [4.69, 9.17) is 5.73 Å². The van der Waals surface area contributed by atoms with Gasteiger partial charge in [-0.3, -0.25) is 14.4 Å². The number of hydrogen-bond acceptors (Lipinski definition) is 6. The van der Waals surface area contributed by atoms with Gasteiger partial charge in [-0.05, 0) is 49.8 Å². The number of carbonyl (C=O) groups excluding carboxylic acids is 3. The maximum Gasteiger partial charge on any atom is 0.326 e. The number of nitrogens with zero attached hydrogens (tertiary/aromatic N) is 1. The Labute approximate surface area is 208 Å². The van der Waals surface area contributed by atoms with Crippen LogP contribution in [0, 0.1) is 0 Å². The molecule has 2 aromatic rings. The number of rotatable bonds is 11. The van der Waals surface area contributed by atoms with Crippen molar-refractivity contribution in [1.29, 1.82) is 0 Å². The van der Waals surface area contributed by atoms with Crippen molar-refractivity contribution in [3.05, 3.63) is 36.0 Å². The number of nitrogens with two attached hydrogens (primary N) is 1. The van der Waals surface area contributed by atoms with Crippen molar-refractivity contribution in [2.75, 3.05) is 18.6 Å². The van der Waals surface area contributed by atoms with E-state index in [1.54, 1.807) is 13.1 Å². The summed E-state index contributed by atoms with van der Waals surface area (Å²) >= 11 is 1.48. The van der Waals surface area contributed by atoms with Crippen LogP contribution < -0.4 is 16.4 Å². The van der Waals surface area contributed by atoms with Gasteiger partial charge in [0.15, 0.2) is 0 Å². The van der Waals surface area contributed by atoms with Crippen LogP contribution in [-0.2, 0) is 25.6 Å². The number of H-pyrrole nitrogens is 1. The van der Waals surface area contributed by atoms with E-state index in [9.17, 15) is 24.3 Å². The number of aliphatic carboxylic acids is 1. The summed E-state index contributed by atoms with van der Waals surface area (Å²) in [5, 5.41) is 15.8. The maximum absolute atomic E-state index is 13.3. The normalized spacial score (nSPS) is 18.1. The third kappa shape index (κ3) is 6.55. The Morgan fingerprint density at radius 1 is 1.23 bits per heavy atom. The second-order valence-corrected chi connectivity index (χ2v) is 9.77. The van der Waals surface area contributed by atoms with Gasteiger partial charge in [0, 0.05) is 30.1 Å². The molecule has 1 aliphatic heterocycles. The zero-order valence-corrected chi connectivity index (χ0v) is 20.8. The highest BCUT2D eigenvalue weighted by atomic mass is 32.2. The molecule has 0 spiro atoms. The van der Waals surface area contributed by atoms with Gasteiger partial charge in [0.2, 0.25) is 17.7 Å². The number of carboxylic acids is 1. The number of aromatic nitrogens is 1. The van der Waals surface area contributed by atoms with Crippen molar-refractivity contribution in [2.24, 2.45) is 5.73 Å². The van der Waals surface area contributed by atoms with Crippen LogP contribution in [0.3, 0.4) is 0 Å². The molecule has 2 heterocycles. The van der Waals surface area contributed by atoms with Crippen molar-refractivity contribution in [2.45, 2.75) is 56.8 Å². The van der Waals surface area contributed by atoms with Crippen LogP contribution in [-0.4, -0.2) is 81.4 Å². The van der Waals surface area contributed by atoms with Crippen molar-refractivity contribution >= 4 is 46.4 Å². The summed E-state index contributed by atoms with van der Waals surface area (Å²) in [6.07, 6.45) is 5.18. The number of aromatic amines is 1. The lowest BCUT2D eigenvalue weighted by atomic mass is 10.0. The number of benzene rings is 1. The number of amides is 3. The van der Waals surface area contributed by atoms with E-state index in [0.29, 0.717) is 25.1 Å². The molecule has 6 N–H and O–H groups in total. The fourth-order valence-electron chi connectivity index (χ4n) is 4.33. The third-order valence-electron chi connectivity index (χ3n) is 6.19. The summed E-state index contributed by atoms with van der Waals surface area (Å²) in [6.45, 7) is 2.00. The predicted molar refractivity (Wildman–Crippen MR) is 135 cm³/mol. The standard InChI is InChI=1S/C24H33N5O5S/c1-14(25)23(32)29-10-5-8-20(29)22(31)28-19(21(30)27-18(24(33)34)9-11-35-2)12-15-13-26-17-7-4-3-6-16(15)17/h3-4,6-7,13-14,18-20,26H,5,8-12,25H2,1-2H3,(H,27,30)(H,28,31)(H,33,34). The molecule has 1 aromatic carbocycles. The zero-order valence-electron chi connectivity index (χ0n) is 20.0. The summed E-state index contributed by atoms with van der Waals surface area (Å²) in [6, 6.07) is 4.04. The van der Waals surface area contributed by atoms with Crippen LogP contribution in [0.25, 0.3) is 10.9 Å². The predicted octanol–water partition coefficient (Wildman–Crippen LogP) is 0.856. The Morgan fingerprint density at radius 3 is 2.66 bits per heavy atom. The number of thioether (sulfide) groups is 1. The molecule has 3 rings (SSSR count). The molecule has 1 aliphatic rings. The Balaban J connectivity index is 1.82. The first-order valence-electron chi connectivity index (χ1n) is 11.7. The van der Waals surface area contributed by atoms with Gasteiger partial charge in [-0.25, -0.2) is 4.79 Å². The molecule has 0 saturated carbocycles. The Kier molecular flexibility index (Phi) is 9.16. The quantitative estimate of drug-likeness (QED) is 0.304. The van der Waals surface area contributed by atoms with Gasteiger partial charge in [0.1, 0.15) is 18.1 Å². The highest BCUT2D eigenvalue weighted by molar-refractivity contribution is 7.98. The summed E-state index contributed by atoms with van der Waals surface area (Å²) in [5.41, 5.74) is 7.45. The van der Waals surface area contributed by atoms with Crippen molar-refractivity contribution in [1.82, 2.24) is 20.5 Å². The van der Waals surface area contributed by atoms with Crippen molar-refractivity contribution < 1.29 is 24.3 Å². The molecule has 1 fully saturated rings. The van der Waals surface area contributed by atoms with E-state index in [-0.39, 0.29) is 18.7 Å². The van der Waals surface area contributed by atoms with Crippen molar-refractivity contribution in [3.63, 3.8) is 0 Å². The summed E-state index contributed by atoms with van der Waals surface area (Å²) in [7, 11) is 0. The molecule has 0 radical (unpaired) electrons. The highest BCUT2D eigenvalue weighted by Crippen LogP contribution is 2.21. The lowest BCUT2D eigenvalue weighted by molar-refractivity contribution is -0.143. The summed E-state index contributed by atoms with van der Waals surface area (Å²) in [5.74, 6) is -1.92. The molecule has 3 amide bonds. The topological polar surface area (TPSA) is 158 Å². The third-order valence-corrected chi connectivity index (χ3v) is 6.83.